The molecule has 1 aromatic heterocycles. The maximum absolute atomic E-state index is 5.12. The summed E-state index contributed by atoms with van der Waals surface area (Å²) in [6, 6.07) is 56.5. The van der Waals surface area contributed by atoms with Gasteiger partial charge in [-0.05, 0) is 89.6 Å². The molecule has 0 atom stereocenters. The lowest BCUT2D eigenvalue weighted by molar-refractivity contribution is 1.17. The molecule has 0 fully saturated rings. The van der Waals surface area contributed by atoms with Crippen LogP contribution < -0.4 is 0 Å². The van der Waals surface area contributed by atoms with E-state index in [4.69, 9.17) is 9.97 Å². The number of nitrogens with zero attached hydrogens (tertiary/aromatic N) is 2. The summed E-state index contributed by atoms with van der Waals surface area (Å²) in [6.07, 6.45) is 3.51. The Kier molecular flexibility index (Phi) is 7.14. The maximum Gasteiger partial charge on any atom is 0.0973 e. The van der Waals surface area contributed by atoms with Gasteiger partial charge in [-0.15, -0.1) is 0 Å². The van der Waals surface area contributed by atoms with Gasteiger partial charge in [0.1, 0.15) is 0 Å². The summed E-state index contributed by atoms with van der Waals surface area (Å²) < 4.78 is 0. The first-order valence-electron chi connectivity index (χ1n) is 16.9. The number of hydrogen-bond acceptors (Lipinski definition) is 2. The van der Waals surface area contributed by atoms with Crippen LogP contribution in [0.5, 0.6) is 0 Å². The molecule has 0 bridgehead atoms. The normalized spacial score (nSPS) is 11.4. The summed E-state index contributed by atoms with van der Waals surface area (Å²) in [4.78, 5) is 10.2. The average molecular weight is 637 g/mol. The van der Waals surface area contributed by atoms with Crippen LogP contribution in [0.25, 0.3) is 100 Å². The van der Waals surface area contributed by atoms with Crippen LogP contribution in [0, 0.1) is 0 Å². The SMILES string of the molecule is C=Cc1nc(-c2ccc(-c3c4ccccc4cc4ccccc34)cc2)c(-c2ccc(-c3c4ccccc4cc4ccccc34)cc2)nc1C=C. The molecule has 0 saturated carbocycles. The Balaban J connectivity index is 1.18. The van der Waals surface area contributed by atoms with E-state index >= 15 is 0 Å². The standard InChI is InChI=1S/C48H32N2/c1-3-43-44(4-2)50-48(34-27-23-32(24-28-34)46-41-19-11-7-15-37(41)30-38-16-8-12-20-42(38)46)47(49-43)33-25-21-31(22-26-33)45-39-17-9-5-13-35(39)29-36-14-6-10-18-40(36)45/h3-30H,1-2H2. The molecule has 0 aliphatic carbocycles. The predicted molar refractivity (Wildman–Crippen MR) is 214 cm³/mol. The van der Waals surface area contributed by atoms with E-state index in [1.54, 1.807) is 12.2 Å². The van der Waals surface area contributed by atoms with Crippen molar-refractivity contribution in [2.24, 2.45) is 0 Å². The molecule has 0 spiro atoms. The zero-order valence-electron chi connectivity index (χ0n) is 27.5. The Hall–Kier alpha value is -6.64. The maximum atomic E-state index is 5.12. The Morgan fingerprint density at radius 2 is 0.620 bits per heavy atom. The van der Waals surface area contributed by atoms with Crippen molar-refractivity contribution in [3.05, 3.63) is 182 Å². The minimum absolute atomic E-state index is 0.710. The first kappa shape index (κ1) is 29.5. The second-order valence-electron chi connectivity index (χ2n) is 12.6. The summed E-state index contributed by atoms with van der Waals surface area (Å²) in [5, 5.41) is 9.88. The fourth-order valence-electron chi connectivity index (χ4n) is 7.40. The quantitative estimate of drug-likeness (QED) is 0.170. The van der Waals surface area contributed by atoms with Gasteiger partial charge in [-0.3, -0.25) is 0 Å². The van der Waals surface area contributed by atoms with Gasteiger partial charge >= 0.3 is 0 Å². The average Bonchev–Trinajstić information content (AvgIpc) is 3.18. The smallest absolute Gasteiger partial charge is 0.0973 e. The van der Waals surface area contributed by atoms with Gasteiger partial charge < -0.3 is 0 Å². The van der Waals surface area contributed by atoms with Crippen molar-refractivity contribution in [2.75, 3.05) is 0 Å². The number of hydrogen-bond donors (Lipinski definition) is 0. The number of fused-ring (bicyclic) bond motifs is 4. The fraction of sp³-hybridized carbons (Fsp3) is 0. The fourth-order valence-corrected chi connectivity index (χ4v) is 7.40. The molecular weight excluding hydrogens is 605 g/mol. The third-order valence-corrected chi connectivity index (χ3v) is 9.77. The van der Waals surface area contributed by atoms with Crippen LogP contribution in [0.1, 0.15) is 11.4 Å². The number of rotatable bonds is 6. The highest BCUT2D eigenvalue weighted by Crippen LogP contribution is 2.40. The van der Waals surface area contributed by atoms with Gasteiger partial charge in [-0.2, -0.15) is 0 Å². The van der Waals surface area contributed by atoms with Crippen LogP contribution in [-0.2, 0) is 0 Å². The number of aromatic nitrogens is 2. The third kappa shape index (κ3) is 4.89. The summed E-state index contributed by atoms with van der Waals surface area (Å²) in [5.41, 5.74) is 9.81. The van der Waals surface area contributed by atoms with Crippen molar-refractivity contribution < 1.29 is 0 Å². The molecule has 9 rings (SSSR count). The van der Waals surface area contributed by atoms with E-state index in [1.807, 2.05) is 0 Å². The Bertz CT molecular complexity index is 2470. The van der Waals surface area contributed by atoms with Crippen LogP contribution in [0.2, 0.25) is 0 Å². The molecule has 9 aromatic rings. The van der Waals surface area contributed by atoms with Gasteiger partial charge in [0.15, 0.2) is 0 Å². The minimum Gasteiger partial charge on any atom is -0.244 e. The van der Waals surface area contributed by atoms with Crippen molar-refractivity contribution in [2.45, 2.75) is 0 Å². The van der Waals surface area contributed by atoms with Crippen LogP contribution in [0.15, 0.2) is 171 Å². The van der Waals surface area contributed by atoms with E-state index in [9.17, 15) is 0 Å². The second-order valence-corrected chi connectivity index (χ2v) is 12.6. The highest BCUT2D eigenvalue weighted by molar-refractivity contribution is 6.14. The first-order chi connectivity index (χ1) is 24.7. The molecule has 0 N–H and O–H groups in total. The summed E-state index contributed by atoms with van der Waals surface area (Å²) in [7, 11) is 0. The van der Waals surface area contributed by atoms with Crippen LogP contribution >= 0.6 is 0 Å². The van der Waals surface area contributed by atoms with E-state index in [1.165, 1.54) is 54.2 Å². The molecule has 0 aliphatic heterocycles. The predicted octanol–water partition coefficient (Wildman–Crippen LogP) is 13.0. The monoisotopic (exact) mass is 636 g/mol. The minimum atomic E-state index is 0.710. The largest absolute Gasteiger partial charge is 0.244 e. The summed E-state index contributed by atoms with van der Waals surface area (Å²) in [5.74, 6) is 0. The van der Waals surface area contributed by atoms with Crippen LogP contribution in [0.4, 0.5) is 0 Å². The molecule has 0 radical (unpaired) electrons. The van der Waals surface area contributed by atoms with Gasteiger partial charge in [-0.1, -0.05) is 159 Å². The first-order valence-corrected chi connectivity index (χ1v) is 16.9. The van der Waals surface area contributed by atoms with Crippen molar-refractivity contribution in [1.82, 2.24) is 9.97 Å². The molecule has 234 valence electrons. The molecule has 0 unspecified atom stereocenters. The highest BCUT2D eigenvalue weighted by Gasteiger charge is 2.17. The van der Waals surface area contributed by atoms with Crippen molar-refractivity contribution in [3.8, 4) is 44.8 Å². The lowest BCUT2D eigenvalue weighted by Gasteiger charge is -2.15. The van der Waals surface area contributed by atoms with Gasteiger partial charge in [-0.25, -0.2) is 9.97 Å². The van der Waals surface area contributed by atoms with Crippen molar-refractivity contribution in [3.63, 3.8) is 0 Å². The van der Waals surface area contributed by atoms with E-state index < -0.39 is 0 Å². The third-order valence-electron chi connectivity index (χ3n) is 9.77. The van der Waals surface area contributed by atoms with E-state index in [-0.39, 0.29) is 0 Å². The Labute approximate surface area is 291 Å². The molecule has 50 heavy (non-hydrogen) atoms. The van der Waals surface area contributed by atoms with E-state index in [0.29, 0.717) is 11.4 Å². The molecule has 2 heteroatoms. The van der Waals surface area contributed by atoms with Gasteiger partial charge in [0.2, 0.25) is 0 Å². The summed E-state index contributed by atoms with van der Waals surface area (Å²) >= 11 is 0. The van der Waals surface area contributed by atoms with Gasteiger partial charge in [0.25, 0.3) is 0 Å². The molecular formula is C48H32N2. The molecule has 2 nitrogen and oxygen atoms in total. The van der Waals surface area contributed by atoms with E-state index in [0.717, 1.165) is 33.6 Å². The molecule has 0 amide bonds. The molecule has 8 aromatic carbocycles. The highest BCUT2D eigenvalue weighted by atomic mass is 14.8. The van der Waals surface area contributed by atoms with Crippen LogP contribution in [0.3, 0.4) is 0 Å². The Morgan fingerprint density at radius 1 is 0.340 bits per heavy atom. The lowest BCUT2D eigenvalue weighted by atomic mass is 9.90. The molecule has 1 heterocycles. The summed E-state index contributed by atoms with van der Waals surface area (Å²) in [6.45, 7) is 8.07. The van der Waals surface area contributed by atoms with Crippen molar-refractivity contribution in [1.29, 1.82) is 0 Å². The van der Waals surface area contributed by atoms with E-state index in [2.05, 4.69) is 171 Å². The Morgan fingerprint density at radius 3 is 0.920 bits per heavy atom. The van der Waals surface area contributed by atoms with Crippen molar-refractivity contribution >= 4 is 55.2 Å². The lowest BCUT2D eigenvalue weighted by Crippen LogP contribution is -2.00. The zero-order chi connectivity index (χ0) is 33.6. The van der Waals surface area contributed by atoms with Gasteiger partial charge in [0, 0.05) is 11.1 Å². The topological polar surface area (TPSA) is 25.8 Å². The number of benzene rings is 8. The van der Waals surface area contributed by atoms with Gasteiger partial charge in [0.05, 0.1) is 22.8 Å². The second kappa shape index (κ2) is 12.1. The molecule has 0 aliphatic rings. The molecule has 0 saturated heterocycles. The zero-order valence-corrected chi connectivity index (χ0v) is 27.5. The van der Waals surface area contributed by atoms with Crippen LogP contribution in [-0.4, -0.2) is 9.97 Å².